The standard InChI is InChI=1S/C16H32N2O3/c1-6-20-11-9-17-13(2)14-8-7-10-18(12-14)15(19)21-16(3,4)5/h13-14,17H,6-12H2,1-5H3. The average Bonchev–Trinajstić information content (AvgIpc) is 2.41. The molecule has 0 aliphatic carbocycles. The first-order valence-electron chi connectivity index (χ1n) is 8.12. The second-order valence-electron chi connectivity index (χ2n) is 6.77. The summed E-state index contributed by atoms with van der Waals surface area (Å²) in [5.41, 5.74) is -0.425. The Labute approximate surface area is 129 Å². The van der Waals surface area contributed by atoms with E-state index in [2.05, 4.69) is 12.2 Å². The number of nitrogens with one attached hydrogen (secondary N) is 1. The maximum absolute atomic E-state index is 12.1. The molecule has 1 amide bonds. The molecule has 1 aliphatic rings. The Bertz CT molecular complexity index is 315. The Kier molecular flexibility index (Phi) is 7.46. The SMILES string of the molecule is CCOCCNC(C)C1CCCN(C(=O)OC(C)(C)C)C1. The van der Waals surface area contributed by atoms with Gasteiger partial charge in [0.2, 0.25) is 0 Å². The van der Waals surface area contributed by atoms with E-state index in [-0.39, 0.29) is 6.09 Å². The summed E-state index contributed by atoms with van der Waals surface area (Å²) in [6, 6.07) is 0.385. The van der Waals surface area contributed by atoms with Crippen LogP contribution in [0.2, 0.25) is 0 Å². The number of rotatable bonds is 6. The highest BCUT2D eigenvalue weighted by Crippen LogP contribution is 2.21. The summed E-state index contributed by atoms with van der Waals surface area (Å²) in [5.74, 6) is 0.480. The lowest BCUT2D eigenvalue weighted by molar-refractivity contribution is 0.0146. The molecular weight excluding hydrogens is 268 g/mol. The highest BCUT2D eigenvalue weighted by Gasteiger charge is 2.29. The van der Waals surface area contributed by atoms with E-state index in [0.29, 0.717) is 12.0 Å². The molecule has 0 aromatic heterocycles. The molecule has 1 saturated heterocycles. The second-order valence-corrected chi connectivity index (χ2v) is 6.77. The van der Waals surface area contributed by atoms with E-state index in [1.807, 2.05) is 32.6 Å². The van der Waals surface area contributed by atoms with Gasteiger partial charge in [0.1, 0.15) is 5.60 Å². The molecule has 5 heteroatoms. The minimum absolute atomic E-state index is 0.186. The number of hydrogen-bond donors (Lipinski definition) is 1. The van der Waals surface area contributed by atoms with Gasteiger partial charge in [0.25, 0.3) is 0 Å². The van der Waals surface area contributed by atoms with Crippen molar-refractivity contribution in [3.63, 3.8) is 0 Å². The van der Waals surface area contributed by atoms with Crippen LogP contribution in [0.1, 0.15) is 47.5 Å². The lowest BCUT2D eigenvalue weighted by Gasteiger charge is -2.36. The van der Waals surface area contributed by atoms with Crippen LogP contribution in [0.4, 0.5) is 4.79 Å². The lowest BCUT2D eigenvalue weighted by Crippen LogP contribution is -2.48. The van der Waals surface area contributed by atoms with Crippen LogP contribution in [0.25, 0.3) is 0 Å². The number of ether oxygens (including phenoxy) is 2. The maximum Gasteiger partial charge on any atom is 0.410 e. The van der Waals surface area contributed by atoms with E-state index in [0.717, 1.165) is 45.7 Å². The fourth-order valence-electron chi connectivity index (χ4n) is 2.58. The van der Waals surface area contributed by atoms with Crippen LogP contribution in [0.3, 0.4) is 0 Å². The van der Waals surface area contributed by atoms with E-state index in [1.54, 1.807) is 0 Å². The van der Waals surface area contributed by atoms with Gasteiger partial charge in [0.05, 0.1) is 6.61 Å². The number of carbonyl (C=O) groups excluding carboxylic acids is 1. The number of carbonyl (C=O) groups is 1. The largest absolute Gasteiger partial charge is 0.444 e. The molecule has 0 aromatic rings. The third kappa shape index (κ3) is 7.14. The zero-order chi connectivity index (χ0) is 15.9. The summed E-state index contributed by atoms with van der Waals surface area (Å²) in [6.07, 6.45) is 2.01. The fraction of sp³-hybridized carbons (Fsp3) is 0.938. The molecule has 21 heavy (non-hydrogen) atoms. The van der Waals surface area contributed by atoms with Gasteiger partial charge in [-0.25, -0.2) is 4.79 Å². The van der Waals surface area contributed by atoms with E-state index in [1.165, 1.54) is 0 Å². The predicted octanol–water partition coefficient (Wildman–Crippen LogP) is 2.65. The van der Waals surface area contributed by atoms with Crippen molar-refractivity contribution in [3.05, 3.63) is 0 Å². The van der Waals surface area contributed by atoms with Gasteiger partial charge >= 0.3 is 6.09 Å². The van der Waals surface area contributed by atoms with Crippen molar-refractivity contribution < 1.29 is 14.3 Å². The highest BCUT2D eigenvalue weighted by molar-refractivity contribution is 5.68. The van der Waals surface area contributed by atoms with Crippen molar-refractivity contribution in [2.24, 2.45) is 5.92 Å². The zero-order valence-electron chi connectivity index (χ0n) is 14.3. The Morgan fingerprint density at radius 3 is 2.76 bits per heavy atom. The number of nitrogens with zero attached hydrogens (tertiary/aromatic N) is 1. The molecule has 1 N–H and O–H groups in total. The molecule has 5 nitrogen and oxygen atoms in total. The molecule has 0 saturated carbocycles. The topological polar surface area (TPSA) is 50.8 Å². The third-order valence-corrected chi connectivity index (χ3v) is 3.73. The zero-order valence-corrected chi connectivity index (χ0v) is 14.3. The van der Waals surface area contributed by atoms with Crippen LogP contribution < -0.4 is 5.32 Å². The summed E-state index contributed by atoms with van der Waals surface area (Å²) in [6.45, 7) is 13.8. The lowest BCUT2D eigenvalue weighted by atomic mass is 9.92. The molecule has 2 unspecified atom stereocenters. The van der Waals surface area contributed by atoms with Crippen LogP contribution in [0, 0.1) is 5.92 Å². The third-order valence-electron chi connectivity index (χ3n) is 3.73. The Balaban J connectivity index is 2.38. The van der Waals surface area contributed by atoms with E-state index >= 15 is 0 Å². The average molecular weight is 300 g/mol. The normalized spacial score (nSPS) is 21.2. The van der Waals surface area contributed by atoms with Crippen molar-refractivity contribution in [2.75, 3.05) is 32.8 Å². The van der Waals surface area contributed by atoms with Gasteiger partial charge in [-0.15, -0.1) is 0 Å². The van der Waals surface area contributed by atoms with Gasteiger partial charge in [0.15, 0.2) is 0 Å². The number of piperidine rings is 1. The summed E-state index contributed by atoms with van der Waals surface area (Å²) in [7, 11) is 0. The molecule has 1 aliphatic heterocycles. The van der Waals surface area contributed by atoms with Crippen molar-refractivity contribution in [1.82, 2.24) is 10.2 Å². The van der Waals surface area contributed by atoms with Crippen molar-refractivity contribution in [3.8, 4) is 0 Å². The van der Waals surface area contributed by atoms with Crippen LogP contribution in [0.15, 0.2) is 0 Å². The summed E-state index contributed by atoms with van der Waals surface area (Å²) < 4.78 is 10.8. The summed E-state index contributed by atoms with van der Waals surface area (Å²) in [4.78, 5) is 14.0. The number of hydrogen-bond acceptors (Lipinski definition) is 4. The van der Waals surface area contributed by atoms with E-state index in [4.69, 9.17) is 9.47 Å². The first-order chi connectivity index (χ1) is 9.83. The summed E-state index contributed by atoms with van der Waals surface area (Å²) in [5, 5.41) is 3.49. The minimum atomic E-state index is -0.425. The van der Waals surface area contributed by atoms with Gasteiger partial charge in [0, 0.05) is 32.3 Å². The Morgan fingerprint density at radius 1 is 1.43 bits per heavy atom. The van der Waals surface area contributed by atoms with Gasteiger partial charge in [-0.05, 0) is 53.4 Å². The van der Waals surface area contributed by atoms with Crippen LogP contribution >= 0.6 is 0 Å². The molecule has 0 bridgehead atoms. The monoisotopic (exact) mass is 300 g/mol. The Hall–Kier alpha value is -0.810. The minimum Gasteiger partial charge on any atom is -0.444 e. The Morgan fingerprint density at radius 2 is 2.14 bits per heavy atom. The van der Waals surface area contributed by atoms with E-state index < -0.39 is 5.60 Å². The van der Waals surface area contributed by atoms with Crippen molar-refractivity contribution in [1.29, 1.82) is 0 Å². The smallest absolute Gasteiger partial charge is 0.410 e. The summed E-state index contributed by atoms with van der Waals surface area (Å²) >= 11 is 0. The molecule has 2 atom stereocenters. The molecule has 1 fully saturated rings. The van der Waals surface area contributed by atoms with Gasteiger partial charge < -0.3 is 19.7 Å². The molecule has 1 rings (SSSR count). The molecule has 0 radical (unpaired) electrons. The number of amides is 1. The molecule has 124 valence electrons. The van der Waals surface area contributed by atoms with Gasteiger partial charge in [-0.2, -0.15) is 0 Å². The van der Waals surface area contributed by atoms with Gasteiger partial charge in [-0.1, -0.05) is 0 Å². The molecule has 1 heterocycles. The highest BCUT2D eigenvalue weighted by atomic mass is 16.6. The predicted molar refractivity (Wildman–Crippen MR) is 84.5 cm³/mol. The van der Waals surface area contributed by atoms with Crippen LogP contribution in [-0.2, 0) is 9.47 Å². The quantitative estimate of drug-likeness (QED) is 0.766. The van der Waals surface area contributed by atoms with Crippen molar-refractivity contribution in [2.45, 2.75) is 59.1 Å². The first kappa shape index (κ1) is 18.2. The molecular formula is C16H32N2O3. The van der Waals surface area contributed by atoms with Gasteiger partial charge in [-0.3, -0.25) is 0 Å². The molecule has 0 spiro atoms. The number of likely N-dealkylation sites (tertiary alicyclic amines) is 1. The van der Waals surface area contributed by atoms with Crippen LogP contribution in [0.5, 0.6) is 0 Å². The van der Waals surface area contributed by atoms with Crippen LogP contribution in [-0.4, -0.2) is 55.5 Å². The second kappa shape index (κ2) is 8.59. The molecule has 0 aromatic carbocycles. The fourth-order valence-corrected chi connectivity index (χ4v) is 2.58. The maximum atomic E-state index is 12.1. The van der Waals surface area contributed by atoms with Crippen molar-refractivity contribution >= 4 is 6.09 Å². The first-order valence-corrected chi connectivity index (χ1v) is 8.12. The van der Waals surface area contributed by atoms with E-state index in [9.17, 15) is 4.79 Å².